The number of nitriles is 2. The Labute approximate surface area is 361 Å². The summed E-state index contributed by atoms with van der Waals surface area (Å²) in [6.07, 6.45) is 0. The summed E-state index contributed by atoms with van der Waals surface area (Å²) in [5, 5.41) is 22.0. The monoisotopic (exact) mass is 793 g/mol. The highest BCUT2D eigenvalue weighted by molar-refractivity contribution is 6.12. The average Bonchev–Trinajstić information content (AvgIpc) is 3.64. The maximum Gasteiger partial charge on any atom is 0.160 e. The first kappa shape index (κ1) is 37.9. The molecule has 0 aliphatic carbocycles. The number of aryl methyl sites for hydroxylation is 3. The second kappa shape index (κ2) is 15.7. The van der Waals surface area contributed by atoms with Crippen LogP contribution in [0.3, 0.4) is 0 Å². The lowest BCUT2D eigenvalue weighted by molar-refractivity contribution is 1.17. The van der Waals surface area contributed by atoms with E-state index in [-0.39, 0.29) is 0 Å². The van der Waals surface area contributed by atoms with E-state index in [4.69, 9.17) is 9.97 Å². The van der Waals surface area contributed by atoms with Gasteiger partial charge < -0.3 is 4.57 Å². The lowest BCUT2D eigenvalue weighted by Gasteiger charge is -2.21. The standard InChI is InChI=1S/C57H39N5/c1-36-28-37(2)55(38(3)29-36)45-26-27-54-50(30-45)47-16-10-11-17-53(47)62(54)56-48(41-22-18-39(34-58)19-23-41)31-46(32-49(56)42-24-20-40(35-59)21-25-42)52-33-51(43-12-6-4-7-13-43)60-57(61-52)44-14-8-5-9-15-44/h4-33H,1-3H3. The van der Waals surface area contributed by atoms with Crippen LogP contribution in [0, 0.1) is 43.4 Å². The van der Waals surface area contributed by atoms with E-state index in [9.17, 15) is 10.5 Å². The number of hydrogen-bond acceptors (Lipinski definition) is 4. The summed E-state index contributed by atoms with van der Waals surface area (Å²) < 4.78 is 2.39. The van der Waals surface area contributed by atoms with E-state index >= 15 is 0 Å². The molecule has 0 aliphatic heterocycles. The van der Waals surface area contributed by atoms with Gasteiger partial charge in [-0.3, -0.25) is 0 Å². The first-order valence-corrected chi connectivity index (χ1v) is 20.7. The Morgan fingerprint density at radius 2 is 0.919 bits per heavy atom. The molecule has 5 heteroatoms. The third-order valence-corrected chi connectivity index (χ3v) is 11.7. The van der Waals surface area contributed by atoms with E-state index in [0.717, 1.165) is 77.8 Å². The van der Waals surface area contributed by atoms with Gasteiger partial charge in [0.15, 0.2) is 5.82 Å². The smallest absolute Gasteiger partial charge is 0.160 e. The summed E-state index contributed by atoms with van der Waals surface area (Å²) in [5.74, 6) is 0.628. The molecule has 0 atom stereocenters. The van der Waals surface area contributed by atoms with Crippen molar-refractivity contribution >= 4 is 21.8 Å². The third kappa shape index (κ3) is 6.79. The van der Waals surface area contributed by atoms with Crippen LogP contribution in [0.25, 0.3) is 94.8 Å². The van der Waals surface area contributed by atoms with Crippen molar-refractivity contribution < 1.29 is 0 Å². The molecule has 10 rings (SSSR count). The summed E-state index contributed by atoms with van der Waals surface area (Å²) in [7, 11) is 0. The van der Waals surface area contributed by atoms with E-state index in [1.807, 2.05) is 97.1 Å². The predicted octanol–water partition coefficient (Wildman–Crippen LogP) is 14.2. The Morgan fingerprint density at radius 1 is 0.419 bits per heavy atom. The molecule has 10 aromatic rings. The van der Waals surface area contributed by atoms with Gasteiger partial charge >= 0.3 is 0 Å². The van der Waals surface area contributed by atoms with Crippen LogP contribution in [0.1, 0.15) is 27.8 Å². The molecule has 0 N–H and O–H groups in total. The van der Waals surface area contributed by atoms with Gasteiger partial charge in [-0.25, -0.2) is 9.97 Å². The van der Waals surface area contributed by atoms with Gasteiger partial charge in [0.25, 0.3) is 0 Å². The molecule has 8 aromatic carbocycles. The van der Waals surface area contributed by atoms with Crippen LogP contribution in [-0.4, -0.2) is 14.5 Å². The molecule has 0 saturated carbocycles. The number of benzene rings is 8. The van der Waals surface area contributed by atoms with Gasteiger partial charge in [-0.15, -0.1) is 0 Å². The molecule has 62 heavy (non-hydrogen) atoms. The summed E-state index contributed by atoms with van der Waals surface area (Å²) >= 11 is 0. The number of rotatable bonds is 7. The lowest BCUT2D eigenvalue weighted by Crippen LogP contribution is -2.03. The first-order chi connectivity index (χ1) is 30.4. The molecule has 0 fully saturated rings. The molecule has 292 valence electrons. The minimum Gasteiger partial charge on any atom is -0.308 e. The Morgan fingerprint density at radius 3 is 1.50 bits per heavy atom. The molecule has 0 radical (unpaired) electrons. The molecule has 2 aromatic heterocycles. The van der Waals surface area contributed by atoms with Gasteiger partial charge in [-0.2, -0.15) is 10.5 Å². The molecule has 2 heterocycles. The highest BCUT2D eigenvalue weighted by Crippen LogP contribution is 2.45. The second-order valence-electron chi connectivity index (χ2n) is 15.9. The fraction of sp³-hybridized carbons (Fsp3) is 0.0526. The van der Waals surface area contributed by atoms with Crippen molar-refractivity contribution in [3.05, 3.63) is 210 Å². The average molecular weight is 794 g/mol. The van der Waals surface area contributed by atoms with Crippen LogP contribution in [0.15, 0.2) is 182 Å². The van der Waals surface area contributed by atoms with E-state index in [0.29, 0.717) is 17.0 Å². The zero-order chi connectivity index (χ0) is 42.3. The first-order valence-electron chi connectivity index (χ1n) is 20.7. The molecular weight excluding hydrogens is 755 g/mol. The van der Waals surface area contributed by atoms with Gasteiger partial charge in [-0.05, 0) is 115 Å². The maximum atomic E-state index is 9.87. The minimum absolute atomic E-state index is 0.584. The molecular formula is C57H39N5. The molecule has 0 spiro atoms. The molecule has 0 amide bonds. The van der Waals surface area contributed by atoms with E-state index in [2.05, 4.69) is 122 Å². The van der Waals surface area contributed by atoms with Gasteiger partial charge in [0, 0.05) is 38.6 Å². The summed E-state index contributed by atoms with van der Waals surface area (Å²) in [5.41, 5.74) is 18.7. The Hall–Kier alpha value is -8.38. The fourth-order valence-corrected chi connectivity index (χ4v) is 8.98. The van der Waals surface area contributed by atoms with Gasteiger partial charge in [0.2, 0.25) is 0 Å². The predicted molar refractivity (Wildman–Crippen MR) is 253 cm³/mol. The number of nitrogens with zero attached hydrogens (tertiary/aromatic N) is 5. The van der Waals surface area contributed by atoms with Crippen LogP contribution in [0.4, 0.5) is 0 Å². The van der Waals surface area contributed by atoms with Gasteiger partial charge in [0.05, 0.1) is 51.4 Å². The van der Waals surface area contributed by atoms with Crippen molar-refractivity contribution in [1.82, 2.24) is 14.5 Å². The van der Waals surface area contributed by atoms with Crippen molar-refractivity contribution in [2.24, 2.45) is 0 Å². The Bertz CT molecular complexity index is 3260. The van der Waals surface area contributed by atoms with Gasteiger partial charge in [0.1, 0.15) is 0 Å². The summed E-state index contributed by atoms with van der Waals surface area (Å²) in [6.45, 7) is 6.54. The molecule has 5 nitrogen and oxygen atoms in total. The van der Waals surface area contributed by atoms with Crippen LogP contribution >= 0.6 is 0 Å². The van der Waals surface area contributed by atoms with Crippen molar-refractivity contribution in [2.75, 3.05) is 0 Å². The van der Waals surface area contributed by atoms with Crippen LogP contribution in [-0.2, 0) is 0 Å². The molecule has 0 aliphatic rings. The quantitative estimate of drug-likeness (QED) is 0.161. The Kier molecular flexibility index (Phi) is 9.56. The largest absolute Gasteiger partial charge is 0.308 e. The zero-order valence-corrected chi connectivity index (χ0v) is 34.6. The lowest BCUT2D eigenvalue weighted by atomic mass is 9.91. The molecule has 0 saturated heterocycles. The highest BCUT2D eigenvalue weighted by Gasteiger charge is 2.23. The Balaban J connectivity index is 1.31. The van der Waals surface area contributed by atoms with E-state index in [1.54, 1.807) is 0 Å². The molecule has 0 bridgehead atoms. The van der Waals surface area contributed by atoms with Crippen molar-refractivity contribution in [3.63, 3.8) is 0 Å². The normalized spacial score (nSPS) is 11.1. The van der Waals surface area contributed by atoms with E-state index in [1.165, 1.54) is 27.8 Å². The number of aromatic nitrogens is 3. The maximum absolute atomic E-state index is 9.87. The second-order valence-corrected chi connectivity index (χ2v) is 15.9. The molecule has 0 unspecified atom stereocenters. The summed E-state index contributed by atoms with van der Waals surface area (Å²) in [6, 6.07) is 67.0. The zero-order valence-electron chi connectivity index (χ0n) is 34.6. The van der Waals surface area contributed by atoms with Crippen molar-refractivity contribution in [2.45, 2.75) is 20.8 Å². The van der Waals surface area contributed by atoms with Crippen molar-refractivity contribution in [3.8, 4) is 85.1 Å². The fourth-order valence-electron chi connectivity index (χ4n) is 8.98. The van der Waals surface area contributed by atoms with Crippen LogP contribution in [0.2, 0.25) is 0 Å². The number of para-hydroxylation sites is 1. The number of fused-ring (bicyclic) bond motifs is 3. The van der Waals surface area contributed by atoms with E-state index < -0.39 is 0 Å². The summed E-state index contributed by atoms with van der Waals surface area (Å²) in [4.78, 5) is 10.4. The van der Waals surface area contributed by atoms with Crippen LogP contribution in [0.5, 0.6) is 0 Å². The van der Waals surface area contributed by atoms with Crippen LogP contribution < -0.4 is 0 Å². The van der Waals surface area contributed by atoms with Crippen molar-refractivity contribution in [1.29, 1.82) is 10.5 Å². The SMILES string of the molecule is Cc1cc(C)c(-c2ccc3c(c2)c2ccccc2n3-c2c(-c3ccc(C#N)cc3)cc(-c3cc(-c4ccccc4)nc(-c4ccccc4)n3)cc2-c2ccc(C#N)cc2)c(C)c1. The van der Waals surface area contributed by atoms with Gasteiger partial charge in [-0.1, -0.05) is 127 Å². The highest BCUT2D eigenvalue weighted by atomic mass is 15.0. The third-order valence-electron chi connectivity index (χ3n) is 11.7. The number of hydrogen-bond donors (Lipinski definition) is 0. The minimum atomic E-state index is 0.584. The topological polar surface area (TPSA) is 78.3 Å².